The summed E-state index contributed by atoms with van der Waals surface area (Å²) in [5.74, 6) is 0. The topological polar surface area (TPSA) is 17.8 Å². The fraction of sp³-hybridized carbons (Fsp3) is 0.105. The molecular weight excluding hydrogens is 418 g/mol. The zero-order chi connectivity index (χ0) is 15.1. The normalized spacial score (nSPS) is 15.1. The number of allylic oxidation sites excluding steroid dienone is 1. The molecular formula is C19H15Cl2N2Zr. The molecule has 24 heavy (non-hydrogen) atoms. The Bertz CT molecular complexity index is 859. The van der Waals surface area contributed by atoms with Gasteiger partial charge in [0, 0.05) is 0 Å². The minimum absolute atomic E-state index is 0. The molecule has 2 aromatic carbocycles. The van der Waals surface area contributed by atoms with Gasteiger partial charge in [0.15, 0.2) is 0 Å². The molecule has 1 aliphatic rings. The van der Waals surface area contributed by atoms with Crippen LogP contribution in [0.1, 0.15) is 21.7 Å². The molecule has 1 atom stereocenters. The van der Waals surface area contributed by atoms with Crippen LogP contribution >= 0.6 is 0 Å². The van der Waals surface area contributed by atoms with E-state index < -0.39 is 0 Å². The van der Waals surface area contributed by atoms with Crippen LogP contribution in [-0.4, -0.2) is 9.55 Å². The molecule has 0 saturated heterocycles. The van der Waals surface area contributed by atoms with Gasteiger partial charge < -0.3 is 24.8 Å². The van der Waals surface area contributed by atoms with Gasteiger partial charge >= 0.3 is 146 Å². The van der Waals surface area contributed by atoms with Gasteiger partial charge in [-0.15, -0.1) is 0 Å². The van der Waals surface area contributed by atoms with Crippen molar-refractivity contribution in [3.63, 3.8) is 0 Å². The van der Waals surface area contributed by atoms with E-state index in [9.17, 15) is 0 Å². The van der Waals surface area contributed by atoms with Gasteiger partial charge in [0.25, 0.3) is 0 Å². The van der Waals surface area contributed by atoms with Crippen molar-refractivity contribution in [3.05, 3.63) is 77.9 Å². The molecule has 4 rings (SSSR count). The van der Waals surface area contributed by atoms with E-state index in [4.69, 9.17) is 0 Å². The summed E-state index contributed by atoms with van der Waals surface area (Å²) < 4.78 is 2.68. The summed E-state index contributed by atoms with van der Waals surface area (Å²) in [6, 6.07) is 15.2. The molecule has 2 nitrogen and oxygen atoms in total. The van der Waals surface area contributed by atoms with E-state index in [1.165, 1.54) is 33.5 Å². The van der Waals surface area contributed by atoms with Gasteiger partial charge in [0.05, 0.1) is 0 Å². The first-order valence-corrected chi connectivity index (χ1v) is 8.77. The SMILES string of the molecule is CC1=Cc2c(cc(-c3ccccc3)cc2-n2ccnc2)[CH]1[Zr+2].[Cl-].[Cl-]. The van der Waals surface area contributed by atoms with E-state index in [-0.39, 0.29) is 24.8 Å². The summed E-state index contributed by atoms with van der Waals surface area (Å²) in [6.45, 7) is 2.24. The Morgan fingerprint density at radius 3 is 2.46 bits per heavy atom. The third kappa shape index (κ3) is 3.31. The van der Waals surface area contributed by atoms with Crippen LogP contribution in [0.4, 0.5) is 0 Å². The van der Waals surface area contributed by atoms with Crippen LogP contribution in [0.3, 0.4) is 0 Å². The van der Waals surface area contributed by atoms with Crippen LogP contribution in [0.25, 0.3) is 22.9 Å². The average molecular weight is 433 g/mol. The molecule has 0 spiro atoms. The fourth-order valence-corrected chi connectivity index (χ4v) is 3.82. The molecule has 0 amide bonds. The fourth-order valence-electron chi connectivity index (χ4n) is 3.02. The van der Waals surface area contributed by atoms with E-state index in [0.29, 0.717) is 3.63 Å². The molecule has 0 fully saturated rings. The molecule has 0 aliphatic heterocycles. The maximum atomic E-state index is 4.21. The second-order valence-corrected chi connectivity index (χ2v) is 7.07. The van der Waals surface area contributed by atoms with Gasteiger partial charge in [-0.3, -0.25) is 0 Å². The number of fused-ring (bicyclic) bond motifs is 1. The standard InChI is InChI=1S/C19H15N2.2ClH.Zr/c1-14-9-17-11-16(15-5-3-2-4-6-15)12-19(18(17)10-14)21-8-7-20-13-21;;;/h2-13H,1H3;2*1H;/q;;;+2/p-2. The summed E-state index contributed by atoms with van der Waals surface area (Å²) in [5.41, 5.74) is 8.01. The number of hydrogen-bond donors (Lipinski definition) is 0. The number of aromatic nitrogens is 2. The number of nitrogens with zero attached hydrogens (tertiary/aromatic N) is 2. The Morgan fingerprint density at radius 2 is 1.79 bits per heavy atom. The van der Waals surface area contributed by atoms with Crippen molar-refractivity contribution in [2.24, 2.45) is 0 Å². The van der Waals surface area contributed by atoms with Crippen LogP contribution in [-0.2, 0) is 24.7 Å². The maximum absolute atomic E-state index is 4.21. The maximum Gasteiger partial charge on any atom is -1.00 e. The minimum Gasteiger partial charge on any atom is -1.00 e. The molecule has 1 unspecified atom stereocenters. The third-order valence-corrected chi connectivity index (χ3v) is 6.10. The van der Waals surface area contributed by atoms with Crippen LogP contribution in [0.15, 0.2) is 66.8 Å². The van der Waals surface area contributed by atoms with Gasteiger partial charge in [0.2, 0.25) is 0 Å². The predicted molar refractivity (Wildman–Crippen MR) is 85.4 cm³/mol. The van der Waals surface area contributed by atoms with E-state index in [1.54, 1.807) is 24.7 Å². The van der Waals surface area contributed by atoms with Crippen molar-refractivity contribution < 1.29 is 49.5 Å². The Kier molecular flexibility index (Phi) is 6.25. The molecule has 1 aliphatic carbocycles. The predicted octanol–water partition coefficient (Wildman–Crippen LogP) is -1.45. The molecule has 0 radical (unpaired) electrons. The number of hydrogen-bond acceptors (Lipinski definition) is 1. The van der Waals surface area contributed by atoms with Gasteiger partial charge in [-0.1, -0.05) is 0 Å². The number of halogens is 2. The van der Waals surface area contributed by atoms with Crippen molar-refractivity contribution in [3.8, 4) is 16.8 Å². The largest absolute Gasteiger partial charge is 1.00 e. The van der Waals surface area contributed by atoms with Crippen LogP contribution < -0.4 is 24.8 Å². The van der Waals surface area contributed by atoms with Gasteiger partial charge in [-0.2, -0.15) is 0 Å². The van der Waals surface area contributed by atoms with E-state index in [0.717, 1.165) is 0 Å². The van der Waals surface area contributed by atoms with Gasteiger partial charge in [-0.25, -0.2) is 0 Å². The Hall–Kier alpha value is -1.15. The van der Waals surface area contributed by atoms with Crippen molar-refractivity contribution in [2.75, 3.05) is 0 Å². The molecule has 0 bridgehead atoms. The molecule has 119 valence electrons. The second kappa shape index (κ2) is 7.82. The molecule has 5 heteroatoms. The van der Waals surface area contributed by atoms with Crippen LogP contribution in [0.5, 0.6) is 0 Å². The van der Waals surface area contributed by atoms with E-state index >= 15 is 0 Å². The first-order valence-electron chi connectivity index (χ1n) is 7.35. The van der Waals surface area contributed by atoms with Crippen LogP contribution in [0, 0.1) is 0 Å². The molecule has 3 aromatic rings. The number of rotatable bonds is 2. The molecule has 0 saturated carbocycles. The first-order chi connectivity index (χ1) is 10.7. The summed E-state index contributed by atoms with van der Waals surface area (Å²) in [7, 11) is 0. The summed E-state index contributed by atoms with van der Waals surface area (Å²) in [6.07, 6.45) is 8.06. The van der Waals surface area contributed by atoms with Gasteiger partial charge in [-0.05, 0) is 0 Å². The van der Waals surface area contributed by atoms with E-state index in [2.05, 4.69) is 65.0 Å². The Morgan fingerprint density at radius 1 is 1.04 bits per heavy atom. The summed E-state index contributed by atoms with van der Waals surface area (Å²) in [5, 5.41) is 0. The second-order valence-electron chi connectivity index (χ2n) is 5.66. The van der Waals surface area contributed by atoms with Crippen molar-refractivity contribution >= 4 is 6.08 Å². The van der Waals surface area contributed by atoms with Crippen molar-refractivity contribution in [1.29, 1.82) is 0 Å². The Balaban J connectivity index is 0.00000104. The zero-order valence-corrected chi connectivity index (χ0v) is 17.0. The van der Waals surface area contributed by atoms with Crippen molar-refractivity contribution in [1.82, 2.24) is 9.55 Å². The quantitative estimate of drug-likeness (QED) is 0.484. The van der Waals surface area contributed by atoms with Crippen LogP contribution in [0.2, 0.25) is 0 Å². The number of benzene rings is 2. The third-order valence-electron chi connectivity index (χ3n) is 4.22. The smallest absolute Gasteiger partial charge is 1.00 e. The summed E-state index contributed by atoms with van der Waals surface area (Å²) in [4.78, 5) is 4.21. The van der Waals surface area contributed by atoms with Gasteiger partial charge in [0.1, 0.15) is 0 Å². The average Bonchev–Trinajstić information content (AvgIpc) is 3.17. The van der Waals surface area contributed by atoms with Crippen molar-refractivity contribution in [2.45, 2.75) is 10.5 Å². The zero-order valence-electron chi connectivity index (χ0n) is 13.1. The minimum atomic E-state index is 0. The first kappa shape index (κ1) is 19.2. The molecule has 1 heterocycles. The van der Waals surface area contributed by atoms with E-state index in [1.807, 2.05) is 18.7 Å². The molecule has 1 aromatic heterocycles. The Labute approximate surface area is 169 Å². The monoisotopic (exact) mass is 431 g/mol. The summed E-state index contributed by atoms with van der Waals surface area (Å²) >= 11 is 1.55. The molecule has 0 N–H and O–H groups in total. The number of imidazole rings is 1.